The first-order chi connectivity index (χ1) is 13.8. The second kappa shape index (κ2) is 12.6. The van der Waals surface area contributed by atoms with E-state index in [0.29, 0.717) is 0 Å². The number of likely N-dealkylation sites (N-methyl/N-ethyl adjacent to an activating group) is 1. The lowest BCUT2D eigenvalue weighted by atomic mass is 10.0. The van der Waals surface area contributed by atoms with E-state index < -0.39 is 0 Å². The zero-order valence-corrected chi connectivity index (χ0v) is 20.5. The summed E-state index contributed by atoms with van der Waals surface area (Å²) >= 11 is 0. The molecule has 7 heteroatoms. The van der Waals surface area contributed by atoms with E-state index in [4.69, 9.17) is 4.74 Å². The van der Waals surface area contributed by atoms with Crippen LogP contribution in [0, 0.1) is 0 Å². The molecule has 0 spiro atoms. The first kappa shape index (κ1) is 24.2. The maximum atomic E-state index is 5.65. The van der Waals surface area contributed by atoms with Gasteiger partial charge in [0.15, 0.2) is 5.96 Å². The van der Waals surface area contributed by atoms with E-state index in [2.05, 4.69) is 50.5 Å². The Hall–Kier alpha value is -1.06. The molecule has 2 N–H and O–H groups in total. The third-order valence-electron chi connectivity index (χ3n) is 5.93. The van der Waals surface area contributed by atoms with Gasteiger partial charge in [-0.25, -0.2) is 0 Å². The molecule has 29 heavy (non-hydrogen) atoms. The van der Waals surface area contributed by atoms with Crippen LogP contribution in [0.25, 0.3) is 0 Å². The van der Waals surface area contributed by atoms with E-state index in [9.17, 15) is 0 Å². The predicted molar refractivity (Wildman–Crippen MR) is 132 cm³/mol. The highest BCUT2D eigenvalue weighted by molar-refractivity contribution is 14.0. The number of likely N-dealkylation sites (tertiary alicyclic amines) is 1. The van der Waals surface area contributed by atoms with Crippen molar-refractivity contribution in [2.24, 2.45) is 4.99 Å². The standard InChI is InChI=1S/C22H37N5O.HI/c1-4-26(18-11-12-18)16-13-24-22(23-2)25-17-20(27-14-7-8-15-27)19-9-5-6-10-21(19)28-3;/h5-6,9-10,18,20H,4,7-8,11-17H2,1-3H3,(H2,23,24,25);1H. The number of nitrogens with zero attached hydrogens (tertiary/aromatic N) is 3. The second-order valence-electron chi connectivity index (χ2n) is 7.74. The summed E-state index contributed by atoms with van der Waals surface area (Å²) in [6, 6.07) is 9.49. The number of ether oxygens (including phenoxy) is 1. The fourth-order valence-electron chi connectivity index (χ4n) is 4.20. The zero-order chi connectivity index (χ0) is 19.8. The molecule has 1 atom stereocenters. The highest BCUT2D eigenvalue weighted by Gasteiger charge is 2.28. The normalized spacial score (nSPS) is 18.4. The lowest BCUT2D eigenvalue weighted by molar-refractivity contribution is 0.239. The number of hydrogen-bond donors (Lipinski definition) is 2. The van der Waals surface area contributed by atoms with E-state index >= 15 is 0 Å². The van der Waals surface area contributed by atoms with Gasteiger partial charge in [-0.3, -0.25) is 14.8 Å². The van der Waals surface area contributed by atoms with E-state index in [1.165, 1.54) is 31.2 Å². The Morgan fingerprint density at radius 3 is 2.59 bits per heavy atom. The van der Waals surface area contributed by atoms with E-state index in [-0.39, 0.29) is 30.0 Å². The van der Waals surface area contributed by atoms with Crippen molar-refractivity contribution in [2.45, 2.75) is 44.7 Å². The molecule has 2 fully saturated rings. The number of rotatable bonds is 10. The molecule has 1 saturated carbocycles. The molecule has 0 amide bonds. The van der Waals surface area contributed by atoms with Crippen LogP contribution in [0.5, 0.6) is 5.75 Å². The summed E-state index contributed by atoms with van der Waals surface area (Å²) < 4.78 is 5.65. The fraction of sp³-hybridized carbons (Fsp3) is 0.682. The Morgan fingerprint density at radius 2 is 1.97 bits per heavy atom. The number of para-hydroxylation sites is 1. The van der Waals surface area contributed by atoms with Crippen LogP contribution in [0.2, 0.25) is 0 Å². The summed E-state index contributed by atoms with van der Waals surface area (Å²) in [6.45, 7) is 8.48. The number of hydrogen-bond acceptors (Lipinski definition) is 4. The minimum Gasteiger partial charge on any atom is -0.496 e. The van der Waals surface area contributed by atoms with Crippen LogP contribution in [-0.4, -0.2) is 75.2 Å². The number of benzene rings is 1. The van der Waals surface area contributed by atoms with Crippen molar-refractivity contribution in [3.05, 3.63) is 29.8 Å². The van der Waals surface area contributed by atoms with Crippen LogP contribution < -0.4 is 15.4 Å². The number of methoxy groups -OCH3 is 1. The molecule has 1 aliphatic carbocycles. The van der Waals surface area contributed by atoms with Crippen molar-refractivity contribution >= 4 is 29.9 Å². The number of nitrogens with one attached hydrogen (secondary N) is 2. The van der Waals surface area contributed by atoms with Gasteiger partial charge in [0, 0.05) is 38.3 Å². The van der Waals surface area contributed by atoms with E-state index in [0.717, 1.165) is 57.0 Å². The SMILES string of the molecule is CCN(CCNC(=NC)NCC(c1ccccc1OC)N1CCCC1)C1CC1.I. The molecule has 0 bridgehead atoms. The monoisotopic (exact) mass is 515 g/mol. The predicted octanol–water partition coefficient (Wildman–Crippen LogP) is 3.10. The van der Waals surface area contributed by atoms with Crippen LogP contribution in [-0.2, 0) is 0 Å². The van der Waals surface area contributed by atoms with Crippen molar-refractivity contribution in [1.82, 2.24) is 20.4 Å². The summed E-state index contributed by atoms with van der Waals surface area (Å²) in [5.74, 6) is 1.85. The van der Waals surface area contributed by atoms with Crippen LogP contribution in [0.1, 0.15) is 44.2 Å². The smallest absolute Gasteiger partial charge is 0.191 e. The minimum absolute atomic E-state index is 0. The van der Waals surface area contributed by atoms with Gasteiger partial charge in [0.05, 0.1) is 13.2 Å². The molecule has 3 rings (SSSR count). The van der Waals surface area contributed by atoms with Gasteiger partial charge in [0.1, 0.15) is 5.75 Å². The number of guanidine groups is 1. The lowest BCUT2D eigenvalue weighted by Crippen LogP contribution is -2.45. The molecular formula is C22H38IN5O. The molecule has 1 heterocycles. The summed E-state index contributed by atoms with van der Waals surface area (Å²) in [5, 5.41) is 7.05. The molecule has 0 aromatic heterocycles. The molecule has 0 radical (unpaired) electrons. The van der Waals surface area contributed by atoms with Gasteiger partial charge in [-0.05, 0) is 51.4 Å². The topological polar surface area (TPSA) is 52.1 Å². The summed E-state index contributed by atoms with van der Waals surface area (Å²) in [5.41, 5.74) is 1.25. The summed E-state index contributed by atoms with van der Waals surface area (Å²) in [7, 11) is 3.61. The molecule has 1 saturated heterocycles. The Morgan fingerprint density at radius 1 is 1.24 bits per heavy atom. The average molecular weight is 515 g/mol. The van der Waals surface area contributed by atoms with Gasteiger partial charge < -0.3 is 15.4 Å². The van der Waals surface area contributed by atoms with Gasteiger partial charge in [-0.1, -0.05) is 25.1 Å². The molecular weight excluding hydrogens is 477 g/mol. The Balaban J connectivity index is 0.00000300. The maximum Gasteiger partial charge on any atom is 0.191 e. The van der Waals surface area contributed by atoms with Gasteiger partial charge in [0.25, 0.3) is 0 Å². The molecule has 6 nitrogen and oxygen atoms in total. The lowest BCUT2D eigenvalue weighted by Gasteiger charge is -2.30. The average Bonchev–Trinajstić information content (AvgIpc) is 3.44. The summed E-state index contributed by atoms with van der Waals surface area (Å²) in [4.78, 5) is 9.55. The van der Waals surface area contributed by atoms with E-state index in [1.54, 1.807) is 7.11 Å². The van der Waals surface area contributed by atoms with Crippen molar-refractivity contribution in [3.8, 4) is 5.75 Å². The molecule has 2 aliphatic rings. The van der Waals surface area contributed by atoms with Crippen LogP contribution >= 0.6 is 24.0 Å². The van der Waals surface area contributed by atoms with Crippen LogP contribution in [0.3, 0.4) is 0 Å². The van der Waals surface area contributed by atoms with Gasteiger partial charge in [-0.2, -0.15) is 0 Å². The Kier molecular flexibility index (Phi) is 10.5. The molecule has 1 unspecified atom stereocenters. The number of aliphatic imine (C=N–C) groups is 1. The second-order valence-corrected chi connectivity index (χ2v) is 7.74. The van der Waals surface area contributed by atoms with Gasteiger partial charge >= 0.3 is 0 Å². The highest BCUT2D eigenvalue weighted by Crippen LogP contribution is 2.31. The van der Waals surface area contributed by atoms with Crippen molar-refractivity contribution in [3.63, 3.8) is 0 Å². The first-order valence-electron chi connectivity index (χ1n) is 10.8. The zero-order valence-electron chi connectivity index (χ0n) is 18.2. The molecule has 164 valence electrons. The number of halogens is 1. The molecule has 1 aromatic carbocycles. The molecule has 1 aliphatic heterocycles. The van der Waals surface area contributed by atoms with Gasteiger partial charge in [0.2, 0.25) is 0 Å². The van der Waals surface area contributed by atoms with Crippen molar-refractivity contribution in [2.75, 3.05) is 53.4 Å². The maximum absolute atomic E-state index is 5.65. The fourth-order valence-corrected chi connectivity index (χ4v) is 4.20. The first-order valence-corrected chi connectivity index (χ1v) is 10.8. The third-order valence-corrected chi connectivity index (χ3v) is 5.93. The largest absolute Gasteiger partial charge is 0.496 e. The minimum atomic E-state index is 0. The van der Waals surface area contributed by atoms with Crippen molar-refractivity contribution < 1.29 is 4.74 Å². The Bertz CT molecular complexity index is 631. The highest BCUT2D eigenvalue weighted by atomic mass is 127. The Labute approximate surface area is 193 Å². The summed E-state index contributed by atoms with van der Waals surface area (Å²) in [6.07, 6.45) is 5.26. The van der Waals surface area contributed by atoms with Crippen LogP contribution in [0.15, 0.2) is 29.3 Å². The third kappa shape index (κ3) is 7.00. The van der Waals surface area contributed by atoms with Gasteiger partial charge in [-0.15, -0.1) is 24.0 Å². The van der Waals surface area contributed by atoms with Crippen molar-refractivity contribution in [1.29, 1.82) is 0 Å². The van der Waals surface area contributed by atoms with Crippen LogP contribution in [0.4, 0.5) is 0 Å². The molecule has 1 aromatic rings. The van der Waals surface area contributed by atoms with E-state index in [1.807, 2.05) is 13.1 Å². The quantitative estimate of drug-likeness (QED) is 0.285.